The highest BCUT2D eigenvalue weighted by Crippen LogP contribution is 2.28. The Morgan fingerprint density at radius 1 is 1.11 bits per heavy atom. The van der Waals surface area contributed by atoms with Crippen LogP contribution in [0, 0.1) is 21.7 Å². The van der Waals surface area contributed by atoms with Crippen LogP contribution >= 0.6 is 11.8 Å². The van der Waals surface area contributed by atoms with E-state index >= 15 is 0 Å². The zero-order valence-corrected chi connectivity index (χ0v) is 9.66. The van der Waals surface area contributed by atoms with Crippen LogP contribution in [0.3, 0.4) is 0 Å². The molecule has 4 nitrogen and oxygen atoms in total. The summed E-state index contributed by atoms with van der Waals surface area (Å²) in [6, 6.07) is 5.83. The van der Waals surface area contributed by atoms with Crippen molar-refractivity contribution in [1.82, 2.24) is 4.98 Å². The number of hydrogen-bond acceptors (Lipinski definition) is 4. The van der Waals surface area contributed by atoms with Crippen LogP contribution in [0.2, 0.25) is 0 Å². The quantitative estimate of drug-likeness (QED) is 0.632. The standard InChI is InChI=1S/C11H6F2N2O2S/c12-7-3-8(13)5-10(4-7)18-9-1-2-11(14-6-9)15(16)17/h1-6H. The smallest absolute Gasteiger partial charge is 0.358 e. The molecule has 0 spiro atoms. The molecule has 0 amide bonds. The summed E-state index contributed by atoms with van der Waals surface area (Å²) in [6.07, 6.45) is 1.28. The minimum atomic E-state index is -0.674. The first-order chi connectivity index (χ1) is 8.54. The van der Waals surface area contributed by atoms with Gasteiger partial charge in [-0.3, -0.25) is 0 Å². The van der Waals surface area contributed by atoms with Crippen LogP contribution in [-0.4, -0.2) is 9.91 Å². The Morgan fingerprint density at radius 2 is 1.78 bits per heavy atom. The summed E-state index contributed by atoms with van der Waals surface area (Å²) in [5, 5.41) is 10.4. The number of halogens is 2. The lowest BCUT2D eigenvalue weighted by Gasteiger charge is -2.00. The molecule has 0 radical (unpaired) electrons. The molecule has 0 N–H and O–H groups in total. The Labute approximate surface area is 105 Å². The van der Waals surface area contributed by atoms with Crippen LogP contribution in [-0.2, 0) is 0 Å². The predicted molar refractivity (Wildman–Crippen MR) is 61.4 cm³/mol. The van der Waals surface area contributed by atoms with Gasteiger partial charge in [-0.15, -0.1) is 0 Å². The first kappa shape index (κ1) is 12.4. The van der Waals surface area contributed by atoms with Gasteiger partial charge in [-0.2, -0.15) is 0 Å². The molecule has 2 rings (SSSR count). The molecule has 0 unspecified atom stereocenters. The molecule has 0 saturated heterocycles. The largest absolute Gasteiger partial charge is 0.363 e. The van der Waals surface area contributed by atoms with E-state index in [0.29, 0.717) is 9.79 Å². The average Bonchev–Trinajstić information content (AvgIpc) is 2.28. The number of aromatic nitrogens is 1. The van der Waals surface area contributed by atoms with Crippen molar-refractivity contribution >= 4 is 17.6 Å². The van der Waals surface area contributed by atoms with Gasteiger partial charge in [0.25, 0.3) is 0 Å². The van der Waals surface area contributed by atoms with Gasteiger partial charge in [0.05, 0.1) is 4.90 Å². The molecular weight excluding hydrogens is 262 g/mol. The van der Waals surface area contributed by atoms with Crippen molar-refractivity contribution in [1.29, 1.82) is 0 Å². The number of rotatable bonds is 3. The lowest BCUT2D eigenvalue weighted by atomic mass is 10.3. The highest BCUT2D eigenvalue weighted by molar-refractivity contribution is 7.99. The number of nitro groups is 1. The summed E-state index contributed by atoms with van der Waals surface area (Å²) >= 11 is 1.07. The number of pyridine rings is 1. The fourth-order valence-electron chi connectivity index (χ4n) is 1.26. The zero-order valence-electron chi connectivity index (χ0n) is 8.84. The van der Waals surface area contributed by atoms with Gasteiger partial charge in [-0.05, 0) is 28.1 Å². The van der Waals surface area contributed by atoms with Gasteiger partial charge in [0.2, 0.25) is 0 Å². The van der Waals surface area contributed by atoms with Gasteiger partial charge >= 0.3 is 5.82 Å². The molecule has 18 heavy (non-hydrogen) atoms. The molecule has 1 aromatic heterocycles. The summed E-state index contributed by atoms with van der Waals surface area (Å²) in [6.45, 7) is 0. The van der Waals surface area contributed by atoms with Gasteiger partial charge in [0, 0.05) is 17.0 Å². The van der Waals surface area contributed by atoms with Crippen LogP contribution in [0.4, 0.5) is 14.6 Å². The topological polar surface area (TPSA) is 56.0 Å². The molecule has 2 aromatic rings. The molecule has 0 bridgehead atoms. The maximum Gasteiger partial charge on any atom is 0.363 e. The third kappa shape index (κ3) is 3.01. The molecule has 0 fully saturated rings. The maximum atomic E-state index is 12.9. The molecule has 0 aliphatic carbocycles. The van der Waals surface area contributed by atoms with E-state index in [1.165, 1.54) is 30.5 Å². The number of nitrogens with zero attached hydrogens (tertiary/aromatic N) is 2. The van der Waals surface area contributed by atoms with Gasteiger partial charge < -0.3 is 10.1 Å². The first-order valence-corrected chi connectivity index (χ1v) is 5.60. The second-order valence-corrected chi connectivity index (χ2v) is 4.46. The summed E-state index contributed by atoms with van der Waals surface area (Å²) in [5.74, 6) is -1.62. The molecule has 0 saturated carbocycles. The minimum Gasteiger partial charge on any atom is -0.358 e. The summed E-state index contributed by atoms with van der Waals surface area (Å²) < 4.78 is 25.9. The molecular formula is C11H6F2N2O2S. The third-order valence-corrected chi connectivity index (χ3v) is 2.93. The van der Waals surface area contributed by atoms with Gasteiger partial charge in [-0.1, -0.05) is 11.8 Å². The predicted octanol–water partition coefficient (Wildman–Crippen LogP) is 3.42. The first-order valence-electron chi connectivity index (χ1n) is 4.79. The van der Waals surface area contributed by atoms with Crippen LogP contribution in [0.1, 0.15) is 0 Å². The molecule has 0 aliphatic heterocycles. The van der Waals surface area contributed by atoms with E-state index in [-0.39, 0.29) is 5.82 Å². The Kier molecular flexibility index (Phi) is 3.52. The van der Waals surface area contributed by atoms with Crippen LogP contribution in [0.25, 0.3) is 0 Å². The van der Waals surface area contributed by atoms with E-state index in [1.807, 2.05) is 0 Å². The number of benzene rings is 1. The van der Waals surface area contributed by atoms with Crippen molar-refractivity contribution in [2.45, 2.75) is 9.79 Å². The highest BCUT2D eigenvalue weighted by Gasteiger charge is 2.08. The van der Waals surface area contributed by atoms with Crippen LogP contribution in [0.15, 0.2) is 46.3 Å². The molecule has 0 atom stereocenters. The normalized spacial score (nSPS) is 10.3. The van der Waals surface area contributed by atoms with E-state index in [4.69, 9.17) is 0 Å². The molecule has 92 valence electrons. The minimum absolute atomic E-state index is 0.273. The lowest BCUT2D eigenvalue weighted by molar-refractivity contribution is -0.389. The maximum absolute atomic E-state index is 12.9. The SMILES string of the molecule is O=[N+]([O-])c1ccc(Sc2cc(F)cc(F)c2)cn1. The molecule has 1 aromatic carbocycles. The Morgan fingerprint density at radius 3 is 2.28 bits per heavy atom. The van der Waals surface area contributed by atoms with Gasteiger partial charge in [0.15, 0.2) is 6.20 Å². The van der Waals surface area contributed by atoms with Crippen molar-refractivity contribution in [2.24, 2.45) is 0 Å². The molecule has 1 heterocycles. The van der Waals surface area contributed by atoms with Gasteiger partial charge in [0.1, 0.15) is 11.6 Å². The second kappa shape index (κ2) is 5.09. The zero-order chi connectivity index (χ0) is 13.1. The van der Waals surface area contributed by atoms with E-state index in [0.717, 1.165) is 17.8 Å². The lowest BCUT2D eigenvalue weighted by Crippen LogP contribution is -1.90. The number of hydrogen-bond donors (Lipinski definition) is 0. The van der Waals surface area contributed by atoms with Gasteiger partial charge in [-0.25, -0.2) is 8.78 Å². The fraction of sp³-hybridized carbons (Fsp3) is 0. The average molecular weight is 268 g/mol. The van der Waals surface area contributed by atoms with E-state index in [2.05, 4.69) is 4.98 Å². The summed E-state index contributed by atoms with van der Waals surface area (Å²) in [4.78, 5) is 14.3. The van der Waals surface area contributed by atoms with Crippen LogP contribution in [0.5, 0.6) is 0 Å². The van der Waals surface area contributed by atoms with Crippen molar-refractivity contribution < 1.29 is 13.7 Å². The van der Waals surface area contributed by atoms with E-state index < -0.39 is 16.6 Å². The summed E-state index contributed by atoms with van der Waals surface area (Å²) in [7, 11) is 0. The highest BCUT2D eigenvalue weighted by atomic mass is 32.2. The fourth-order valence-corrected chi connectivity index (χ4v) is 2.12. The second-order valence-electron chi connectivity index (χ2n) is 3.32. The van der Waals surface area contributed by atoms with E-state index in [9.17, 15) is 18.9 Å². The van der Waals surface area contributed by atoms with Crippen molar-refractivity contribution in [2.75, 3.05) is 0 Å². The monoisotopic (exact) mass is 268 g/mol. The van der Waals surface area contributed by atoms with Crippen molar-refractivity contribution in [3.8, 4) is 0 Å². The third-order valence-electron chi connectivity index (χ3n) is 1.98. The molecule has 0 aliphatic rings. The summed E-state index contributed by atoms with van der Waals surface area (Å²) in [5.41, 5.74) is 0. The van der Waals surface area contributed by atoms with E-state index in [1.54, 1.807) is 0 Å². The van der Waals surface area contributed by atoms with Crippen LogP contribution < -0.4 is 0 Å². The Bertz CT molecular complexity index is 570. The Balaban J connectivity index is 2.20. The molecule has 7 heteroatoms. The Hall–Kier alpha value is -2.02. The van der Waals surface area contributed by atoms with Crippen molar-refractivity contribution in [3.63, 3.8) is 0 Å². The van der Waals surface area contributed by atoms with Crippen molar-refractivity contribution in [3.05, 3.63) is 58.3 Å².